The zero-order valence-electron chi connectivity index (χ0n) is 11.1. The lowest BCUT2D eigenvalue weighted by atomic mass is 10.0. The second-order valence-electron chi connectivity index (χ2n) is 3.95. The Kier molecular flexibility index (Phi) is 6.24. The average molecular weight is 217 g/mol. The van der Waals surface area contributed by atoms with Crippen LogP contribution in [0.4, 0.5) is 0 Å². The Balaban J connectivity index is 5.63. The number of nitrogens with one attached hydrogen (secondary N) is 1. The maximum absolute atomic E-state index is 4.01. The molecular weight excluding hydrogens is 194 g/mol. The molecule has 0 amide bonds. The van der Waals surface area contributed by atoms with E-state index >= 15 is 0 Å². The number of rotatable bonds is 5. The van der Waals surface area contributed by atoms with Gasteiger partial charge in [0.1, 0.15) is 0 Å². The highest BCUT2D eigenvalue weighted by Crippen LogP contribution is 2.20. The molecule has 0 aromatic carbocycles. The van der Waals surface area contributed by atoms with Gasteiger partial charge in [-0.3, -0.25) is 0 Å². The summed E-state index contributed by atoms with van der Waals surface area (Å²) in [5.41, 5.74) is 5.38. The third kappa shape index (κ3) is 4.35. The number of hydrogen-bond acceptors (Lipinski definition) is 1. The molecule has 0 aliphatic carbocycles. The highest BCUT2D eigenvalue weighted by molar-refractivity contribution is 5.48. The molecule has 0 aliphatic heterocycles. The number of allylic oxidation sites excluding steroid dienone is 7. The van der Waals surface area contributed by atoms with E-state index in [1.165, 1.54) is 5.57 Å². The molecule has 0 aromatic heterocycles. The molecule has 0 aromatic rings. The fraction of sp³-hybridized carbons (Fsp3) is 0.333. The Morgan fingerprint density at radius 3 is 1.94 bits per heavy atom. The molecule has 0 unspecified atom stereocenters. The minimum atomic E-state index is 0.930. The van der Waals surface area contributed by atoms with E-state index in [2.05, 4.69) is 37.6 Å². The predicted molar refractivity (Wildman–Crippen MR) is 74.0 cm³/mol. The monoisotopic (exact) mass is 217 g/mol. The van der Waals surface area contributed by atoms with Crippen LogP contribution < -0.4 is 5.32 Å². The van der Waals surface area contributed by atoms with Crippen LogP contribution in [0.2, 0.25) is 0 Å². The van der Waals surface area contributed by atoms with Crippen LogP contribution in [0.1, 0.15) is 34.6 Å². The molecule has 1 N–H and O–H groups in total. The molecule has 88 valence electrons. The van der Waals surface area contributed by atoms with Gasteiger partial charge in [0.15, 0.2) is 0 Å². The molecule has 0 bridgehead atoms. The van der Waals surface area contributed by atoms with Crippen LogP contribution in [0.5, 0.6) is 0 Å². The minimum absolute atomic E-state index is 0.930. The quantitative estimate of drug-likeness (QED) is 0.669. The van der Waals surface area contributed by atoms with Crippen molar-refractivity contribution in [1.82, 2.24) is 5.32 Å². The maximum atomic E-state index is 4.01. The second kappa shape index (κ2) is 6.89. The van der Waals surface area contributed by atoms with Gasteiger partial charge in [0.2, 0.25) is 0 Å². The van der Waals surface area contributed by atoms with E-state index < -0.39 is 0 Å². The smallest absolute Gasteiger partial charge is 0.0483 e. The zero-order valence-corrected chi connectivity index (χ0v) is 11.1. The molecule has 0 radical (unpaired) electrons. The third-order valence-corrected chi connectivity index (χ3v) is 2.23. The van der Waals surface area contributed by atoms with Gasteiger partial charge in [0, 0.05) is 17.0 Å². The van der Waals surface area contributed by atoms with Crippen LogP contribution in [-0.4, -0.2) is 0 Å². The molecule has 0 fully saturated rings. The van der Waals surface area contributed by atoms with Gasteiger partial charge in [0.05, 0.1) is 0 Å². The van der Waals surface area contributed by atoms with E-state index in [1.807, 2.05) is 33.8 Å². The summed E-state index contributed by atoms with van der Waals surface area (Å²) in [4.78, 5) is 0. The van der Waals surface area contributed by atoms with Gasteiger partial charge in [0.25, 0.3) is 0 Å². The molecule has 0 heterocycles. The van der Waals surface area contributed by atoms with Crippen LogP contribution in [0.3, 0.4) is 0 Å². The summed E-state index contributed by atoms with van der Waals surface area (Å²) in [7, 11) is 0. The fourth-order valence-electron chi connectivity index (χ4n) is 1.34. The minimum Gasteiger partial charge on any atom is -0.359 e. The lowest BCUT2D eigenvalue weighted by molar-refractivity contribution is 0.965. The summed E-state index contributed by atoms with van der Waals surface area (Å²) in [5.74, 6) is 0. The van der Waals surface area contributed by atoms with Crippen molar-refractivity contribution in [3.05, 3.63) is 59.5 Å². The summed E-state index contributed by atoms with van der Waals surface area (Å²) in [6.07, 6.45) is 6.17. The van der Waals surface area contributed by atoms with E-state index in [4.69, 9.17) is 0 Å². The Bertz CT molecular complexity index is 365. The number of hydrogen-bond donors (Lipinski definition) is 1. The first-order chi connectivity index (χ1) is 7.43. The van der Waals surface area contributed by atoms with Gasteiger partial charge in [-0.15, -0.1) is 0 Å². The van der Waals surface area contributed by atoms with Gasteiger partial charge in [-0.25, -0.2) is 0 Å². The van der Waals surface area contributed by atoms with Gasteiger partial charge in [-0.1, -0.05) is 31.4 Å². The molecule has 1 nitrogen and oxygen atoms in total. The first kappa shape index (κ1) is 14.5. The summed E-state index contributed by atoms with van der Waals surface area (Å²) in [5, 5.41) is 3.30. The van der Waals surface area contributed by atoms with Gasteiger partial charge in [-0.2, -0.15) is 0 Å². The fourth-order valence-corrected chi connectivity index (χ4v) is 1.34. The van der Waals surface area contributed by atoms with Crippen molar-refractivity contribution in [3.8, 4) is 0 Å². The van der Waals surface area contributed by atoms with Crippen molar-refractivity contribution in [2.75, 3.05) is 0 Å². The van der Waals surface area contributed by atoms with E-state index in [0.29, 0.717) is 0 Å². The van der Waals surface area contributed by atoms with E-state index in [9.17, 15) is 0 Å². The van der Waals surface area contributed by atoms with Crippen LogP contribution in [-0.2, 0) is 0 Å². The van der Waals surface area contributed by atoms with E-state index in [-0.39, 0.29) is 0 Å². The second-order valence-corrected chi connectivity index (χ2v) is 3.95. The summed E-state index contributed by atoms with van der Waals surface area (Å²) in [6.45, 7) is 18.0. The van der Waals surface area contributed by atoms with Crippen molar-refractivity contribution in [2.24, 2.45) is 0 Å². The Morgan fingerprint density at radius 2 is 1.62 bits per heavy atom. The molecule has 16 heavy (non-hydrogen) atoms. The van der Waals surface area contributed by atoms with Crippen LogP contribution in [0.25, 0.3) is 0 Å². The molecule has 0 saturated heterocycles. The Morgan fingerprint density at radius 1 is 1.06 bits per heavy atom. The molecule has 0 spiro atoms. The Hall–Kier alpha value is -1.50. The van der Waals surface area contributed by atoms with Gasteiger partial charge < -0.3 is 5.32 Å². The lowest BCUT2D eigenvalue weighted by Gasteiger charge is -2.16. The average Bonchev–Trinajstić information content (AvgIpc) is 2.21. The van der Waals surface area contributed by atoms with Crippen LogP contribution in [0, 0.1) is 0 Å². The zero-order chi connectivity index (χ0) is 12.7. The van der Waals surface area contributed by atoms with Crippen LogP contribution >= 0.6 is 0 Å². The highest BCUT2D eigenvalue weighted by atomic mass is 14.9. The predicted octanol–water partition coefficient (Wildman–Crippen LogP) is 4.48. The molecule has 0 rings (SSSR count). The molecular formula is C15H23N. The van der Waals surface area contributed by atoms with Crippen molar-refractivity contribution in [3.63, 3.8) is 0 Å². The largest absolute Gasteiger partial charge is 0.359 e. The molecule has 0 atom stereocenters. The van der Waals surface area contributed by atoms with Gasteiger partial charge in [-0.05, 0) is 45.8 Å². The van der Waals surface area contributed by atoms with Crippen molar-refractivity contribution < 1.29 is 0 Å². The summed E-state index contributed by atoms with van der Waals surface area (Å²) in [6, 6.07) is 0. The Labute approximate surface area is 100.0 Å². The standard InChI is InChI=1S/C15H23N/c1-8-10-14(11(3)4)15(13(7)9-2)16-12(5)6/h8-10,16H,3,5H2,1-2,4,6-7H3/b10-8-,13-9-,15-14+. The highest BCUT2D eigenvalue weighted by Gasteiger charge is 2.06. The lowest BCUT2D eigenvalue weighted by Crippen LogP contribution is -2.13. The van der Waals surface area contributed by atoms with Gasteiger partial charge >= 0.3 is 0 Å². The van der Waals surface area contributed by atoms with Crippen molar-refractivity contribution in [1.29, 1.82) is 0 Å². The molecule has 0 saturated carbocycles. The summed E-state index contributed by atoms with van der Waals surface area (Å²) >= 11 is 0. The molecule has 1 heteroatoms. The van der Waals surface area contributed by atoms with E-state index in [1.54, 1.807) is 0 Å². The summed E-state index contributed by atoms with van der Waals surface area (Å²) < 4.78 is 0. The maximum Gasteiger partial charge on any atom is 0.0483 e. The topological polar surface area (TPSA) is 12.0 Å². The van der Waals surface area contributed by atoms with Crippen molar-refractivity contribution in [2.45, 2.75) is 34.6 Å². The normalized spacial score (nSPS) is 13.7. The SMILES string of the molecule is C=C(C)NC(/C(C)=C\C)=C(\C=C/C)C(=C)C. The third-order valence-electron chi connectivity index (χ3n) is 2.23. The first-order valence-corrected chi connectivity index (χ1v) is 5.52. The van der Waals surface area contributed by atoms with Crippen LogP contribution in [0.15, 0.2) is 59.5 Å². The molecule has 0 aliphatic rings. The van der Waals surface area contributed by atoms with Crippen molar-refractivity contribution >= 4 is 0 Å². The first-order valence-electron chi connectivity index (χ1n) is 5.52. The van der Waals surface area contributed by atoms with E-state index in [0.717, 1.165) is 22.5 Å².